The summed E-state index contributed by atoms with van der Waals surface area (Å²) in [6.45, 7) is -0.958. The fourth-order valence-electron chi connectivity index (χ4n) is 2.74. The standard InChI is InChI=1S/C19H16F2N2O2S/c1-2-12-7-3-5-9-15(12)23-17(24)14(22-19(23)26)11-13-8-4-6-10-16(13)25-18(20)21/h3-11,18H,2H2,1H3,(H,22,26)/b14-11+. The number of nitrogens with zero attached hydrogens (tertiary/aromatic N) is 1. The van der Waals surface area contributed by atoms with Crippen LogP contribution in [0.1, 0.15) is 18.1 Å². The molecule has 2 aromatic carbocycles. The van der Waals surface area contributed by atoms with Gasteiger partial charge in [-0.05, 0) is 42.4 Å². The first-order chi connectivity index (χ1) is 12.5. The number of aryl methyl sites for hydroxylation is 1. The Balaban J connectivity index is 1.96. The molecule has 1 saturated heterocycles. The van der Waals surface area contributed by atoms with Crippen molar-refractivity contribution in [3.8, 4) is 5.75 Å². The number of para-hydroxylation sites is 2. The van der Waals surface area contributed by atoms with Gasteiger partial charge in [-0.1, -0.05) is 43.3 Å². The molecule has 26 heavy (non-hydrogen) atoms. The summed E-state index contributed by atoms with van der Waals surface area (Å²) in [5.74, 6) is -0.356. The molecule has 0 spiro atoms. The van der Waals surface area contributed by atoms with Crippen molar-refractivity contribution in [2.45, 2.75) is 20.0 Å². The Bertz CT molecular complexity index is 883. The minimum atomic E-state index is -2.95. The molecule has 0 aromatic heterocycles. The van der Waals surface area contributed by atoms with E-state index in [0.29, 0.717) is 11.3 Å². The van der Waals surface area contributed by atoms with Crippen LogP contribution >= 0.6 is 12.2 Å². The zero-order chi connectivity index (χ0) is 18.7. The molecule has 2 aromatic rings. The molecule has 1 aliphatic rings. The van der Waals surface area contributed by atoms with Gasteiger partial charge in [0.2, 0.25) is 0 Å². The normalized spacial score (nSPS) is 15.7. The lowest BCUT2D eigenvalue weighted by Gasteiger charge is -2.17. The summed E-state index contributed by atoms with van der Waals surface area (Å²) in [6, 6.07) is 13.7. The highest BCUT2D eigenvalue weighted by Gasteiger charge is 2.33. The van der Waals surface area contributed by atoms with Gasteiger partial charge in [0.05, 0.1) is 5.69 Å². The van der Waals surface area contributed by atoms with Crippen molar-refractivity contribution < 1.29 is 18.3 Å². The molecule has 0 atom stereocenters. The molecule has 0 bridgehead atoms. The first kappa shape index (κ1) is 18.0. The van der Waals surface area contributed by atoms with E-state index in [1.54, 1.807) is 18.2 Å². The molecule has 3 rings (SSSR count). The third-order valence-electron chi connectivity index (χ3n) is 3.93. The topological polar surface area (TPSA) is 41.6 Å². The molecular formula is C19H16F2N2O2S. The van der Waals surface area contributed by atoms with Gasteiger partial charge in [-0.25, -0.2) is 0 Å². The van der Waals surface area contributed by atoms with Crippen molar-refractivity contribution in [1.82, 2.24) is 5.32 Å². The van der Waals surface area contributed by atoms with Gasteiger partial charge in [0, 0.05) is 5.56 Å². The second-order valence-corrected chi connectivity index (χ2v) is 5.91. The number of nitrogens with one attached hydrogen (secondary N) is 1. The van der Waals surface area contributed by atoms with Crippen LogP contribution in [0.2, 0.25) is 0 Å². The zero-order valence-corrected chi connectivity index (χ0v) is 14.7. The molecule has 1 fully saturated rings. The molecule has 1 aliphatic heterocycles. The van der Waals surface area contributed by atoms with Crippen LogP contribution in [0.5, 0.6) is 5.75 Å². The predicted molar refractivity (Wildman–Crippen MR) is 100 cm³/mol. The van der Waals surface area contributed by atoms with Crippen molar-refractivity contribution in [2.24, 2.45) is 0 Å². The van der Waals surface area contributed by atoms with Gasteiger partial charge in [-0.3, -0.25) is 9.69 Å². The third-order valence-corrected chi connectivity index (χ3v) is 4.21. The molecule has 1 amide bonds. The molecule has 0 unspecified atom stereocenters. The number of ether oxygens (including phenoxy) is 1. The maximum atomic E-state index is 12.8. The molecular weight excluding hydrogens is 358 g/mol. The minimum Gasteiger partial charge on any atom is -0.434 e. The van der Waals surface area contributed by atoms with Gasteiger partial charge in [0.1, 0.15) is 11.4 Å². The Morgan fingerprint density at radius 3 is 2.62 bits per heavy atom. The highest BCUT2D eigenvalue weighted by molar-refractivity contribution is 7.80. The summed E-state index contributed by atoms with van der Waals surface area (Å²) >= 11 is 5.31. The molecule has 4 nitrogen and oxygen atoms in total. The van der Waals surface area contributed by atoms with Crippen LogP contribution in [-0.4, -0.2) is 17.6 Å². The van der Waals surface area contributed by atoms with Crippen LogP contribution < -0.4 is 15.0 Å². The van der Waals surface area contributed by atoms with Crippen molar-refractivity contribution in [1.29, 1.82) is 0 Å². The van der Waals surface area contributed by atoms with E-state index in [9.17, 15) is 13.6 Å². The minimum absolute atomic E-state index is 0.0112. The average molecular weight is 374 g/mol. The molecule has 1 N–H and O–H groups in total. The number of anilines is 1. The second-order valence-electron chi connectivity index (χ2n) is 5.53. The number of benzene rings is 2. The smallest absolute Gasteiger partial charge is 0.387 e. The Kier molecular flexibility index (Phi) is 5.27. The average Bonchev–Trinajstić information content (AvgIpc) is 2.89. The van der Waals surface area contributed by atoms with E-state index < -0.39 is 6.61 Å². The highest BCUT2D eigenvalue weighted by atomic mass is 32.1. The molecule has 1 heterocycles. The molecule has 0 radical (unpaired) electrons. The maximum absolute atomic E-state index is 12.8. The lowest BCUT2D eigenvalue weighted by molar-refractivity contribution is -0.113. The SMILES string of the molecule is CCc1ccccc1N1C(=O)/C(=C\c2ccccc2OC(F)F)NC1=S. The second kappa shape index (κ2) is 7.61. The first-order valence-electron chi connectivity index (χ1n) is 8.00. The van der Waals surface area contributed by atoms with Crippen LogP contribution in [0.4, 0.5) is 14.5 Å². The number of thiocarbonyl (C=S) groups is 1. The number of rotatable bonds is 5. The maximum Gasteiger partial charge on any atom is 0.387 e. The Hall–Kier alpha value is -2.80. The monoisotopic (exact) mass is 374 g/mol. The lowest BCUT2D eigenvalue weighted by Crippen LogP contribution is -2.31. The van der Waals surface area contributed by atoms with E-state index in [1.807, 2.05) is 31.2 Å². The van der Waals surface area contributed by atoms with Crippen LogP contribution in [0, 0.1) is 0 Å². The van der Waals surface area contributed by atoms with Gasteiger partial charge in [0.25, 0.3) is 5.91 Å². The lowest BCUT2D eigenvalue weighted by atomic mass is 10.1. The van der Waals surface area contributed by atoms with Crippen LogP contribution in [-0.2, 0) is 11.2 Å². The summed E-state index contributed by atoms with van der Waals surface area (Å²) < 4.78 is 29.6. The van der Waals surface area contributed by atoms with E-state index in [-0.39, 0.29) is 22.5 Å². The molecule has 0 aliphatic carbocycles. The highest BCUT2D eigenvalue weighted by Crippen LogP contribution is 2.28. The van der Waals surface area contributed by atoms with Gasteiger partial charge >= 0.3 is 6.61 Å². The third kappa shape index (κ3) is 3.57. The van der Waals surface area contributed by atoms with Crippen molar-refractivity contribution in [3.05, 3.63) is 65.4 Å². The number of hydrogen-bond acceptors (Lipinski definition) is 3. The Morgan fingerprint density at radius 2 is 1.88 bits per heavy atom. The first-order valence-corrected chi connectivity index (χ1v) is 8.41. The van der Waals surface area contributed by atoms with Crippen LogP contribution in [0.3, 0.4) is 0 Å². The van der Waals surface area contributed by atoms with E-state index in [0.717, 1.165) is 12.0 Å². The van der Waals surface area contributed by atoms with E-state index in [4.69, 9.17) is 12.2 Å². The molecule has 134 valence electrons. The molecule has 7 heteroatoms. The van der Waals surface area contributed by atoms with Gasteiger partial charge < -0.3 is 10.1 Å². The van der Waals surface area contributed by atoms with Crippen molar-refractivity contribution in [3.63, 3.8) is 0 Å². The number of hydrogen-bond donors (Lipinski definition) is 1. The van der Waals surface area contributed by atoms with E-state index >= 15 is 0 Å². The quantitative estimate of drug-likeness (QED) is 0.632. The van der Waals surface area contributed by atoms with Crippen LogP contribution in [0.15, 0.2) is 54.2 Å². The zero-order valence-electron chi connectivity index (χ0n) is 13.9. The fourth-order valence-corrected chi connectivity index (χ4v) is 3.03. The summed E-state index contributed by atoms with van der Waals surface area (Å²) in [7, 11) is 0. The van der Waals surface area contributed by atoms with Gasteiger partial charge in [-0.15, -0.1) is 0 Å². The number of amides is 1. The van der Waals surface area contributed by atoms with Crippen LogP contribution in [0.25, 0.3) is 6.08 Å². The van der Waals surface area contributed by atoms with Crippen molar-refractivity contribution in [2.75, 3.05) is 4.90 Å². The van der Waals surface area contributed by atoms with Gasteiger partial charge in [0.15, 0.2) is 5.11 Å². The van der Waals surface area contributed by atoms with Gasteiger partial charge in [-0.2, -0.15) is 8.78 Å². The number of halogens is 2. The summed E-state index contributed by atoms with van der Waals surface area (Å²) in [5.41, 5.74) is 2.24. The Morgan fingerprint density at radius 1 is 1.19 bits per heavy atom. The number of carbonyl (C=O) groups is 1. The Labute approximate surface area is 155 Å². The number of alkyl halides is 2. The summed E-state index contributed by atoms with van der Waals surface area (Å²) in [5, 5.41) is 3.10. The van der Waals surface area contributed by atoms with E-state index in [1.165, 1.54) is 17.0 Å². The number of carbonyl (C=O) groups excluding carboxylic acids is 1. The largest absolute Gasteiger partial charge is 0.434 e. The summed E-state index contributed by atoms with van der Waals surface area (Å²) in [4.78, 5) is 14.3. The predicted octanol–water partition coefficient (Wildman–Crippen LogP) is 4.11. The molecule has 0 saturated carbocycles. The van der Waals surface area contributed by atoms with Crippen molar-refractivity contribution >= 4 is 35.0 Å². The fraction of sp³-hybridized carbons (Fsp3) is 0.158. The summed E-state index contributed by atoms with van der Waals surface area (Å²) in [6.07, 6.45) is 2.20. The van der Waals surface area contributed by atoms with E-state index in [2.05, 4.69) is 10.1 Å².